The summed E-state index contributed by atoms with van der Waals surface area (Å²) >= 11 is 0. The Hall–Kier alpha value is -1.66. The molecule has 2 atom stereocenters. The Labute approximate surface area is 143 Å². The molecule has 1 saturated carbocycles. The molecule has 0 spiro atoms. The molecule has 3 aliphatic rings. The van der Waals surface area contributed by atoms with E-state index in [0.29, 0.717) is 12.1 Å². The minimum atomic E-state index is 0.159. The van der Waals surface area contributed by atoms with E-state index >= 15 is 0 Å². The van der Waals surface area contributed by atoms with Crippen molar-refractivity contribution in [1.29, 1.82) is 0 Å². The lowest BCUT2D eigenvalue weighted by Gasteiger charge is -2.39. The summed E-state index contributed by atoms with van der Waals surface area (Å²) < 4.78 is 5.63. The second kappa shape index (κ2) is 6.69. The highest BCUT2D eigenvalue weighted by molar-refractivity contribution is 5.97. The number of carbonyl (C=O) groups is 1. The van der Waals surface area contributed by atoms with E-state index < -0.39 is 0 Å². The Balaban J connectivity index is 1.41. The van der Waals surface area contributed by atoms with Gasteiger partial charge in [0.2, 0.25) is 0 Å². The molecule has 24 heavy (non-hydrogen) atoms. The van der Waals surface area contributed by atoms with Gasteiger partial charge in [0.15, 0.2) is 0 Å². The molecule has 2 aliphatic heterocycles. The second-order valence-corrected chi connectivity index (χ2v) is 6.96. The maximum Gasteiger partial charge on any atom is 0.254 e. The van der Waals surface area contributed by atoms with Gasteiger partial charge in [0.1, 0.15) is 5.82 Å². The Morgan fingerprint density at radius 2 is 2.12 bits per heavy atom. The van der Waals surface area contributed by atoms with Crippen LogP contribution in [-0.2, 0) is 11.2 Å². The number of piperazine rings is 1. The van der Waals surface area contributed by atoms with Crippen LogP contribution in [0.1, 0.15) is 35.2 Å². The normalized spacial score (nSPS) is 27.1. The summed E-state index contributed by atoms with van der Waals surface area (Å²) in [4.78, 5) is 21.8. The van der Waals surface area contributed by atoms with Crippen LogP contribution in [0.25, 0.3) is 0 Å². The van der Waals surface area contributed by atoms with E-state index in [1.165, 1.54) is 12.8 Å². The van der Waals surface area contributed by atoms with Crippen LogP contribution in [0.3, 0.4) is 0 Å². The lowest BCUT2D eigenvalue weighted by atomic mass is 10.1. The Morgan fingerprint density at radius 3 is 2.92 bits per heavy atom. The summed E-state index contributed by atoms with van der Waals surface area (Å²) in [5.74, 6) is 1.04. The van der Waals surface area contributed by atoms with Crippen molar-refractivity contribution in [2.75, 3.05) is 45.2 Å². The first-order valence-electron chi connectivity index (χ1n) is 9.06. The standard InChI is InChI=1S/C18H26N4O2/c1-24-16-4-2-3-15(16)21-9-11-22(12-10-21)18(23)14-6-8-20-17-13(14)5-7-19-17/h6,8,15-16H,2-5,7,9-12H2,1H3,(H,19,20)/t15-,16-/m1/s1. The van der Waals surface area contributed by atoms with Crippen molar-refractivity contribution < 1.29 is 9.53 Å². The number of aromatic nitrogens is 1. The molecule has 1 saturated heterocycles. The number of hydrogen-bond acceptors (Lipinski definition) is 5. The number of rotatable bonds is 3. The summed E-state index contributed by atoms with van der Waals surface area (Å²) in [6.45, 7) is 4.37. The smallest absolute Gasteiger partial charge is 0.254 e. The Bertz CT molecular complexity index is 613. The Morgan fingerprint density at radius 1 is 1.29 bits per heavy atom. The maximum atomic E-state index is 12.9. The summed E-state index contributed by atoms with van der Waals surface area (Å²) in [5, 5.41) is 3.25. The lowest BCUT2D eigenvalue weighted by molar-refractivity contribution is 0.0112. The van der Waals surface area contributed by atoms with Gasteiger partial charge < -0.3 is 15.0 Å². The van der Waals surface area contributed by atoms with E-state index in [1.54, 1.807) is 6.20 Å². The van der Waals surface area contributed by atoms with E-state index in [9.17, 15) is 4.79 Å². The first kappa shape index (κ1) is 15.8. The molecular weight excluding hydrogens is 304 g/mol. The number of fused-ring (bicyclic) bond motifs is 1. The fourth-order valence-electron chi connectivity index (χ4n) is 4.43. The van der Waals surface area contributed by atoms with Gasteiger partial charge in [-0.25, -0.2) is 4.98 Å². The van der Waals surface area contributed by atoms with Crippen LogP contribution in [0.4, 0.5) is 5.82 Å². The molecule has 0 radical (unpaired) electrons. The minimum absolute atomic E-state index is 0.159. The first-order chi connectivity index (χ1) is 11.8. The number of methoxy groups -OCH3 is 1. The molecule has 3 heterocycles. The van der Waals surface area contributed by atoms with E-state index in [2.05, 4.69) is 15.2 Å². The van der Waals surface area contributed by atoms with Crippen LogP contribution >= 0.6 is 0 Å². The molecule has 0 unspecified atom stereocenters. The van der Waals surface area contributed by atoms with Crippen LogP contribution in [0.5, 0.6) is 0 Å². The second-order valence-electron chi connectivity index (χ2n) is 6.96. The van der Waals surface area contributed by atoms with Crippen LogP contribution in [0.2, 0.25) is 0 Å². The predicted molar refractivity (Wildman–Crippen MR) is 92.3 cm³/mol. The number of hydrogen-bond donors (Lipinski definition) is 1. The number of nitrogens with zero attached hydrogens (tertiary/aromatic N) is 3. The molecule has 0 bridgehead atoms. The number of nitrogens with one attached hydrogen (secondary N) is 1. The lowest BCUT2D eigenvalue weighted by Crippen LogP contribution is -2.54. The average molecular weight is 330 g/mol. The highest BCUT2D eigenvalue weighted by Crippen LogP contribution is 2.28. The minimum Gasteiger partial charge on any atom is -0.380 e. The van der Waals surface area contributed by atoms with E-state index in [0.717, 1.165) is 62.5 Å². The molecule has 1 amide bonds. The average Bonchev–Trinajstić information content (AvgIpc) is 3.29. The Kier molecular flexibility index (Phi) is 4.41. The largest absolute Gasteiger partial charge is 0.380 e. The quantitative estimate of drug-likeness (QED) is 0.907. The predicted octanol–water partition coefficient (Wildman–Crippen LogP) is 1.37. The molecule has 1 aliphatic carbocycles. The molecule has 1 aromatic rings. The summed E-state index contributed by atoms with van der Waals surface area (Å²) in [6.07, 6.45) is 6.62. The van der Waals surface area contributed by atoms with Gasteiger partial charge in [-0.3, -0.25) is 9.69 Å². The highest BCUT2D eigenvalue weighted by Gasteiger charge is 2.35. The molecule has 6 heteroatoms. The molecule has 6 nitrogen and oxygen atoms in total. The highest BCUT2D eigenvalue weighted by atomic mass is 16.5. The number of carbonyl (C=O) groups excluding carboxylic acids is 1. The molecule has 4 rings (SSSR count). The van der Waals surface area contributed by atoms with Crippen molar-refractivity contribution in [2.45, 2.75) is 37.8 Å². The zero-order chi connectivity index (χ0) is 16.5. The summed E-state index contributed by atoms with van der Waals surface area (Å²) in [6, 6.07) is 2.40. The monoisotopic (exact) mass is 330 g/mol. The van der Waals surface area contributed by atoms with Crippen molar-refractivity contribution >= 4 is 11.7 Å². The van der Waals surface area contributed by atoms with Crippen molar-refractivity contribution in [2.24, 2.45) is 0 Å². The number of ether oxygens (including phenoxy) is 1. The zero-order valence-corrected chi connectivity index (χ0v) is 14.3. The number of amides is 1. The van der Waals surface area contributed by atoms with Crippen molar-refractivity contribution in [3.05, 3.63) is 23.4 Å². The maximum absolute atomic E-state index is 12.9. The van der Waals surface area contributed by atoms with Gasteiger partial charge in [-0.1, -0.05) is 0 Å². The van der Waals surface area contributed by atoms with Crippen LogP contribution in [0, 0.1) is 0 Å². The van der Waals surface area contributed by atoms with Gasteiger partial charge in [0.05, 0.1) is 6.10 Å². The van der Waals surface area contributed by atoms with Gasteiger partial charge >= 0.3 is 0 Å². The SMILES string of the molecule is CO[C@@H]1CCC[C@H]1N1CCN(C(=O)c2ccnc3c2CCN3)CC1. The zero-order valence-electron chi connectivity index (χ0n) is 14.3. The van der Waals surface area contributed by atoms with Crippen LogP contribution in [-0.4, -0.2) is 72.7 Å². The topological polar surface area (TPSA) is 57.7 Å². The molecule has 2 fully saturated rings. The third-order valence-electron chi connectivity index (χ3n) is 5.74. The fourth-order valence-corrected chi connectivity index (χ4v) is 4.43. The summed E-state index contributed by atoms with van der Waals surface area (Å²) in [5.41, 5.74) is 1.91. The first-order valence-corrected chi connectivity index (χ1v) is 9.06. The van der Waals surface area contributed by atoms with Crippen molar-refractivity contribution in [1.82, 2.24) is 14.8 Å². The molecule has 1 N–H and O–H groups in total. The van der Waals surface area contributed by atoms with E-state index in [-0.39, 0.29) is 5.91 Å². The molecular formula is C18H26N4O2. The van der Waals surface area contributed by atoms with Crippen LogP contribution in [0.15, 0.2) is 12.3 Å². The van der Waals surface area contributed by atoms with Crippen molar-refractivity contribution in [3.63, 3.8) is 0 Å². The molecule has 0 aromatic carbocycles. The molecule has 130 valence electrons. The third-order valence-corrected chi connectivity index (χ3v) is 5.74. The van der Waals surface area contributed by atoms with E-state index in [1.807, 2.05) is 18.1 Å². The summed E-state index contributed by atoms with van der Waals surface area (Å²) in [7, 11) is 1.82. The number of anilines is 1. The van der Waals surface area contributed by atoms with Crippen molar-refractivity contribution in [3.8, 4) is 0 Å². The molecule has 1 aromatic heterocycles. The van der Waals surface area contributed by atoms with Gasteiger partial charge in [-0.05, 0) is 31.7 Å². The van der Waals surface area contributed by atoms with Gasteiger partial charge in [-0.2, -0.15) is 0 Å². The van der Waals surface area contributed by atoms with Crippen LogP contribution < -0.4 is 5.32 Å². The van der Waals surface area contributed by atoms with Gasteiger partial charge in [-0.15, -0.1) is 0 Å². The van der Waals surface area contributed by atoms with Gasteiger partial charge in [0, 0.05) is 63.2 Å². The van der Waals surface area contributed by atoms with Gasteiger partial charge in [0.25, 0.3) is 5.91 Å². The van der Waals surface area contributed by atoms with E-state index in [4.69, 9.17) is 4.74 Å². The third kappa shape index (κ3) is 2.78. The fraction of sp³-hybridized carbons (Fsp3) is 0.667. The number of pyridine rings is 1.